The average Bonchev–Trinajstić information content (AvgIpc) is 2.75. The molecule has 0 radical (unpaired) electrons. The van der Waals surface area contributed by atoms with Gasteiger partial charge in [0.15, 0.2) is 0 Å². The largest absolute Gasteiger partial charge is 0.493 e. The predicted octanol–water partition coefficient (Wildman–Crippen LogP) is 0.732. The Morgan fingerprint density at radius 3 is 3.19 bits per heavy atom. The summed E-state index contributed by atoms with van der Waals surface area (Å²) in [6, 6.07) is 5.18. The number of aliphatic hydroxyl groups excluding tert-OH is 1. The van der Waals surface area contributed by atoms with Crippen LogP contribution < -0.4 is 10.1 Å². The normalized spacial score (nSPS) is 15.1. The zero-order valence-electron chi connectivity index (χ0n) is 9.19. The van der Waals surface area contributed by atoms with Crippen molar-refractivity contribution >= 4 is 5.91 Å². The number of nitrogens with one attached hydrogen (secondary N) is 1. The molecule has 0 aliphatic carbocycles. The van der Waals surface area contributed by atoms with Crippen LogP contribution in [0.15, 0.2) is 18.2 Å². The minimum atomic E-state index is -0.225. The van der Waals surface area contributed by atoms with Crippen LogP contribution in [-0.2, 0) is 6.42 Å². The second kappa shape index (κ2) is 4.53. The van der Waals surface area contributed by atoms with Crippen LogP contribution in [0, 0.1) is 0 Å². The number of carbonyl (C=O) groups is 1. The second-order valence-corrected chi connectivity index (χ2v) is 3.98. The molecule has 0 aromatic heterocycles. The van der Waals surface area contributed by atoms with E-state index in [0.29, 0.717) is 12.2 Å². The highest BCUT2D eigenvalue weighted by Gasteiger charge is 2.15. The molecule has 0 bridgehead atoms. The van der Waals surface area contributed by atoms with Gasteiger partial charge in [0.05, 0.1) is 13.2 Å². The van der Waals surface area contributed by atoms with Crippen molar-refractivity contribution < 1.29 is 14.6 Å². The fourth-order valence-electron chi connectivity index (χ4n) is 1.68. The highest BCUT2D eigenvalue weighted by Crippen LogP contribution is 2.25. The van der Waals surface area contributed by atoms with Gasteiger partial charge in [0.25, 0.3) is 5.91 Å². The minimum absolute atomic E-state index is 0.0558. The van der Waals surface area contributed by atoms with E-state index in [1.807, 2.05) is 12.1 Å². The van der Waals surface area contributed by atoms with Gasteiger partial charge in [-0.2, -0.15) is 0 Å². The topological polar surface area (TPSA) is 58.6 Å². The summed E-state index contributed by atoms with van der Waals surface area (Å²) in [5, 5.41) is 11.6. The number of rotatable bonds is 3. The van der Waals surface area contributed by atoms with Gasteiger partial charge in [-0.05, 0) is 30.7 Å². The van der Waals surface area contributed by atoms with Crippen LogP contribution in [0.4, 0.5) is 0 Å². The van der Waals surface area contributed by atoms with Gasteiger partial charge >= 0.3 is 0 Å². The van der Waals surface area contributed by atoms with E-state index >= 15 is 0 Å². The van der Waals surface area contributed by atoms with Crippen LogP contribution in [-0.4, -0.2) is 30.3 Å². The van der Waals surface area contributed by atoms with Crippen molar-refractivity contribution in [1.82, 2.24) is 5.32 Å². The molecule has 1 amide bonds. The van der Waals surface area contributed by atoms with E-state index in [9.17, 15) is 4.79 Å². The lowest BCUT2D eigenvalue weighted by Crippen LogP contribution is -2.34. The molecule has 1 aromatic rings. The maximum atomic E-state index is 11.8. The van der Waals surface area contributed by atoms with Crippen molar-refractivity contribution in [2.45, 2.75) is 19.4 Å². The maximum Gasteiger partial charge on any atom is 0.251 e. The Bertz CT molecular complexity index is 403. The predicted molar refractivity (Wildman–Crippen MR) is 59.7 cm³/mol. The molecule has 0 fully saturated rings. The highest BCUT2D eigenvalue weighted by molar-refractivity contribution is 5.94. The van der Waals surface area contributed by atoms with E-state index in [4.69, 9.17) is 9.84 Å². The molecule has 4 nitrogen and oxygen atoms in total. The minimum Gasteiger partial charge on any atom is -0.493 e. The number of hydrogen-bond acceptors (Lipinski definition) is 3. The van der Waals surface area contributed by atoms with Gasteiger partial charge in [-0.25, -0.2) is 0 Å². The van der Waals surface area contributed by atoms with Crippen LogP contribution in [0.1, 0.15) is 22.8 Å². The first-order valence-corrected chi connectivity index (χ1v) is 5.38. The first kappa shape index (κ1) is 11.0. The van der Waals surface area contributed by atoms with E-state index < -0.39 is 0 Å². The lowest BCUT2D eigenvalue weighted by atomic mass is 10.1. The molecule has 0 saturated heterocycles. The molecular weight excluding hydrogens is 206 g/mol. The van der Waals surface area contributed by atoms with E-state index in [1.54, 1.807) is 13.0 Å². The Kier molecular flexibility index (Phi) is 3.10. The van der Waals surface area contributed by atoms with Gasteiger partial charge in [0.1, 0.15) is 5.75 Å². The summed E-state index contributed by atoms with van der Waals surface area (Å²) in [5.74, 6) is 0.711. The fraction of sp³-hybridized carbons (Fsp3) is 0.417. The molecule has 0 spiro atoms. The molecule has 0 saturated carbocycles. The molecule has 4 heteroatoms. The summed E-state index contributed by atoms with van der Waals surface area (Å²) < 4.78 is 5.36. The average molecular weight is 221 g/mol. The summed E-state index contributed by atoms with van der Waals surface area (Å²) in [6.45, 7) is 2.39. The van der Waals surface area contributed by atoms with Crippen molar-refractivity contribution in [2.24, 2.45) is 0 Å². The molecule has 1 aliphatic rings. The Morgan fingerprint density at radius 1 is 1.62 bits per heavy atom. The SMILES string of the molecule is C[C@@H](CO)NC(=O)c1ccc2c(c1)CCO2. The van der Waals surface area contributed by atoms with Crippen LogP contribution in [0.2, 0.25) is 0 Å². The number of aliphatic hydroxyl groups is 1. The smallest absolute Gasteiger partial charge is 0.251 e. The van der Waals surface area contributed by atoms with Gasteiger partial charge in [-0.15, -0.1) is 0 Å². The summed E-state index contributed by atoms with van der Waals surface area (Å²) in [5.41, 5.74) is 1.69. The third kappa shape index (κ3) is 2.17. The molecule has 1 aliphatic heterocycles. The summed E-state index contributed by atoms with van der Waals surface area (Å²) in [6.07, 6.45) is 0.853. The number of carbonyl (C=O) groups excluding carboxylic acids is 1. The Balaban J connectivity index is 2.12. The second-order valence-electron chi connectivity index (χ2n) is 3.98. The van der Waals surface area contributed by atoms with E-state index in [0.717, 1.165) is 17.7 Å². The quantitative estimate of drug-likeness (QED) is 0.791. The molecule has 2 N–H and O–H groups in total. The first-order chi connectivity index (χ1) is 7.70. The van der Waals surface area contributed by atoms with E-state index in [1.165, 1.54) is 0 Å². The van der Waals surface area contributed by atoms with Gasteiger partial charge in [0.2, 0.25) is 0 Å². The number of hydrogen-bond donors (Lipinski definition) is 2. The molecule has 2 rings (SSSR count). The van der Waals surface area contributed by atoms with E-state index in [2.05, 4.69) is 5.32 Å². The first-order valence-electron chi connectivity index (χ1n) is 5.38. The van der Waals surface area contributed by atoms with Gasteiger partial charge < -0.3 is 15.2 Å². The van der Waals surface area contributed by atoms with Crippen LogP contribution >= 0.6 is 0 Å². The number of amides is 1. The van der Waals surface area contributed by atoms with Crippen LogP contribution in [0.25, 0.3) is 0 Å². The Labute approximate surface area is 94.2 Å². The van der Waals surface area contributed by atoms with Crippen LogP contribution in [0.3, 0.4) is 0 Å². The number of ether oxygens (including phenoxy) is 1. The fourth-order valence-corrected chi connectivity index (χ4v) is 1.68. The monoisotopic (exact) mass is 221 g/mol. The molecule has 1 atom stereocenters. The molecule has 16 heavy (non-hydrogen) atoms. The number of fused-ring (bicyclic) bond motifs is 1. The molecule has 86 valence electrons. The zero-order chi connectivity index (χ0) is 11.5. The van der Waals surface area contributed by atoms with Crippen molar-refractivity contribution in [2.75, 3.05) is 13.2 Å². The molecule has 1 aromatic carbocycles. The van der Waals surface area contributed by atoms with E-state index in [-0.39, 0.29) is 18.6 Å². The van der Waals surface area contributed by atoms with Gasteiger partial charge in [0, 0.05) is 18.0 Å². The van der Waals surface area contributed by atoms with Gasteiger partial charge in [-0.3, -0.25) is 4.79 Å². The van der Waals surface area contributed by atoms with Crippen molar-refractivity contribution in [1.29, 1.82) is 0 Å². The molecule has 1 heterocycles. The summed E-state index contributed by atoms with van der Waals surface area (Å²) >= 11 is 0. The zero-order valence-corrected chi connectivity index (χ0v) is 9.19. The van der Waals surface area contributed by atoms with Crippen molar-refractivity contribution in [3.63, 3.8) is 0 Å². The molecule has 0 unspecified atom stereocenters. The summed E-state index contributed by atoms with van der Waals surface area (Å²) in [4.78, 5) is 11.8. The third-order valence-electron chi connectivity index (χ3n) is 2.60. The van der Waals surface area contributed by atoms with Crippen molar-refractivity contribution in [3.8, 4) is 5.75 Å². The van der Waals surface area contributed by atoms with Crippen molar-refractivity contribution in [3.05, 3.63) is 29.3 Å². The summed E-state index contributed by atoms with van der Waals surface area (Å²) in [7, 11) is 0. The maximum absolute atomic E-state index is 11.8. The standard InChI is InChI=1S/C12H15NO3/c1-8(7-14)13-12(15)10-2-3-11-9(6-10)4-5-16-11/h2-3,6,8,14H,4-5,7H2,1H3,(H,13,15)/t8-/m0/s1. The van der Waals surface area contributed by atoms with Crippen LogP contribution in [0.5, 0.6) is 5.75 Å². The lowest BCUT2D eigenvalue weighted by molar-refractivity contribution is 0.0922. The highest BCUT2D eigenvalue weighted by atomic mass is 16.5. The third-order valence-corrected chi connectivity index (χ3v) is 2.60. The Morgan fingerprint density at radius 2 is 2.44 bits per heavy atom. The Hall–Kier alpha value is -1.55. The lowest BCUT2D eigenvalue weighted by Gasteiger charge is -2.11. The van der Waals surface area contributed by atoms with Gasteiger partial charge in [-0.1, -0.05) is 0 Å². The number of benzene rings is 1. The molecular formula is C12H15NO3.